The molecule has 0 aliphatic heterocycles. The van der Waals surface area contributed by atoms with E-state index in [0.29, 0.717) is 11.0 Å². The average Bonchev–Trinajstić information content (AvgIpc) is 2.18. The Bertz CT molecular complexity index is 422. The molecule has 0 saturated carbocycles. The SMILES string of the molecule is Cc1cc(Cl)nc(-c2ccccn2)n1. The van der Waals surface area contributed by atoms with E-state index in [2.05, 4.69) is 15.0 Å². The molecule has 0 spiro atoms. The maximum Gasteiger partial charge on any atom is 0.179 e. The Balaban J connectivity index is 2.52. The maximum absolute atomic E-state index is 5.82. The van der Waals surface area contributed by atoms with Gasteiger partial charge < -0.3 is 0 Å². The van der Waals surface area contributed by atoms with Crippen molar-refractivity contribution in [2.24, 2.45) is 0 Å². The van der Waals surface area contributed by atoms with Crippen LogP contribution in [0.4, 0.5) is 0 Å². The van der Waals surface area contributed by atoms with Gasteiger partial charge in [0.15, 0.2) is 5.82 Å². The van der Waals surface area contributed by atoms with Crippen LogP contribution in [0.1, 0.15) is 5.69 Å². The molecule has 0 saturated heterocycles. The van der Waals surface area contributed by atoms with Gasteiger partial charge >= 0.3 is 0 Å². The third-order valence-electron chi connectivity index (χ3n) is 1.72. The number of nitrogens with zero attached hydrogens (tertiary/aromatic N) is 3. The lowest BCUT2D eigenvalue weighted by atomic mass is 10.3. The van der Waals surface area contributed by atoms with Gasteiger partial charge in [0.2, 0.25) is 0 Å². The lowest BCUT2D eigenvalue weighted by molar-refractivity contribution is 1.09. The zero-order valence-electron chi connectivity index (χ0n) is 7.61. The first-order valence-corrected chi connectivity index (χ1v) is 4.56. The molecule has 70 valence electrons. The predicted octanol–water partition coefficient (Wildman–Crippen LogP) is 2.50. The Morgan fingerprint density at radius 2 is 2.07 bits per heavy atom. The molecule has 0 aliphatic rings. The highest BCUT2D eigenvalue weighted by Gasteiger charge is 2.03. The molecule has 2 rings (SSSR count). The minimum atomic E-state index is 0.443. The maximum atomic E-state index is 5.82. The molecule has 14 heavy (non-hydrogen) atoms. The van der Waals surface area contributed by atoms with Gasteiger partial charge in [-0.3, -0.25) is 4.98 Å². The molecule has 0 bridgehead atoms. The first kappa shape index (κ1) is 9.09. The molecule has 2 aromatic rings. The summed E-state index contributed by atoms with van der Waals surface area (Å²) in [5, 5.41) is 0.443. The van der Waals surface area contributed by atoms with Crippen molar-refractivity contribution in [3.05, 3.63) is 41.3 Å². The molecule has 2 heterocycles. The van der Waals surface area contributed by atoms with Crippen molar-refractivity contribution < 1.29 is 0 Å². The molecule has 2 aromatic heterocycles. The minimum absolute atomic E-state index is 0.443. The van der Waals surface area contributed by atoms with E-state index in [9.17, 15) is 0 Å². The Hall–Kier alpha value is -1.48. The highest BCUT2D eigenvalue weighted by atomic mass is 35.5. The normalized spacial score (nSPS) is 10.1. The molecule has 0 fully saturated rings. The van der Waals surface area contributed by atoms with Crippen LogP contribution in [-0.2, 0) is 0 Å². The summed E-state index contributed by atoms with van der Waals surface area (Å²) in [6.45, 7) is 1.88. The third-order valence-corrected chi connectivity index (χ3v) is 1.91. The van der Waals surface area contributed by atoms with E-state index >= 15 is 0 Å². The van der Waals surface area contributed by atoms with E-state index in [1.54, 1.807) is 12.3 Å². The Morgan fingerprint density at radius 1 is 1.21 bits per heavy atom. The van der Waals surface area contributed by atoms with Crippen molar-refractivity contribution in [1.82, 2.24) is 15.0 Å². The van der Waals surface area contributed by atoms with Gasteiger partial charge in [-0.1, -0.05) is 17.7 Å². The van der Waals surface area contributed by atoms with Crippen LogP contribution in [0.15, 0.2) is 30.5 Å². The average molecular weight is 206 g/mol. The topological polar surface area (TPSA) is 38.7 Å². The van der Waals surface area contributed by atoms with E-state index in [0.717, 1.165) is 11.4 Å². The van der Waals surface area contributed by atoms with Gasteiger partial charge in [0, 0.05) is 11.9 Å². The summed E-state index contributed by atoms with van der Waals surface area (Å²) in [6.07, 6.45) is 1.70. The molecule has 0 radical (unpaired) electrons. The van der Waals surface area contributed by atoms with Crippen LogP contribution >= 0.6 is 11.6 Å². The van der Waals surface area contributed by atoms with E-state index in [1.807, 2.05) is 25.1 Å². The molecule has 0 N–H and O–H groups in total. The van der Waals surface area contributed by atoms with Crippen LogP contribution in [-0.4, -0.2) is 15.0 Å². The summed E-state index contributed by atoms with van der Waals surface area (Å²) < 4.78 is 0. The lowest BCUT2D eigenvalue weighted by Crippen LogP contribution is -1.93. The molecule has 0 unspecified atom stereocenters. The summed E-state index contributed by atoms with van der Waals surface area (Å²) in [5.74, 6) is 0.565. The number of halogens is 1. The number of rotatable bonds is 1. The molecule has 0 amide bonds. The van der Waals surface area contributed by atoms with Crippen LogP contribution in [0.25, 0.3) is 11.5 Å². The van der Waals surface area contributed by atoms with E-state index in [1.165, 1.54) is 0 Å². The van der Waals surface area contributed by atoms with Crippen LogP contribution < -0.4 is 0 Å². The highest BCUT2D eigenvalue weighted by Crippen LogP contribution is 2.14. The van der Waals surface area contributed by atoms with Gasteiger partial charge in [-0.05, 0) is 25.1 Å². The molecular formula is C10H8ClN3. The van der Waals surface area contributed by atoms with Gasteiger partial charge in [0.1, 0.15) is 10.8 Å². The first-order valence-electron chi connectivity index (χ1n) is 4.18. The molecular weight excluding hydrogens is 198 g/mol. The van der Waals surface area contributed by atoms with Gasteiger partial charge in [0.25, 0.3) is 0 Å². The summed E-state index contributed by atoms with van der Waals surface area (Å²) >= 11 is 5.82. The Morgan fingerprint density at radius 3 is 2.71 bits per heavy atom. The summed E-state index contributed by atoms with van der Waals surface area (Å²) in [5.41, 5.74) is 1.57. The van der Waals surface area contributed by atoms with Crippen molar-refractivity contribution in [3.8, 4) is 11.5 Å². The predicted molar refractivity (Wildman–Crippen MR) is 55.0 cm³/mol. The summed E-state index contributed by atoms with van der Waals surface area (Å²) in [6, 6.07) is 7.31. The van der Waals surface area contributed by atoms with Crippen molar-refractivity contribution >= 4 is 11.6 Å². The van der Waals surface area contributed by atoms with Gasteiger partial charge in [0.05, 0.1) is 0 Å². The summed E-state index contributed by atoms with van der Waals surface area (Å²) in [4.78, 5) is 12.5. The second kappa shape index (κ2) is 3.72. The van der Waals surface area contributed by atoms with Gasteiger partial charge in [-0.2, -0.15) is 0 Å². The fourth-order valence-electron chi connectivity index (χ4n) is 1.14. The van der Waals surface area contributed by atoms with E-state index < -0.39 is 0 Å². The van der Waals surface area contributed by atoms with Crippen LogP contribution in [0.2, 0.25) is 5.15 Å². The van der Waals surface area contributed by atoms with Crippen molar-refractivity contribution in [1.29, 1.82) is 0 Å². The number of pyridine rings is 1. The van der Waals surface area contributed by atoms with Gasteiger partial charge in [-0.15, -0.1) is 0 Å². The molecule has 0 aliphatic carbocycles. The van der Waals surface area contributed by atoms with Gasteiger partial charge in [-0.25, -0.2) is 9.97 Å². The lowest BCUT2D eigenvalue weighted by Gasteiger charge is -2.00. The third kappa shape index (κ3) is 1.88. The van der Waals surface area contributed by atoms with Crippen LogP contribution in [0, 0.1) is 6.92 Å². The molecule has 0 atom stereocenters. The largest absolute Gasteiger partial charge is 0.253 e. The highest BCUT2D eigenvalue weighted by molar-refractivity contribution is 6.29. The smallest absolute Gasteiger partial charge is 0.179 e. The number of hydrogen-bond acceptors (Lipinski definition) is 3. The zero-order chi connectivity index (χ0) is 9.97. The first-order chi connectivity index (χ1) is 6.75. The fourth-order valence-corrected chi connectivity index (χ4v) is 1.38. The van der Waals surface area contributed by atoms with E-state index in [-0.39, 0.29) is 0 Å². The Labute approximate surface area is 86.8 Å². The number of aromatic nitrogens is 3. The molecule has 0 aromatic carbocycles. The summed E-state index contributed by atoms with van der Waals surface area (Å²) in [7, 11) is 0. The second-order valence-corrected chi connectivity index (χ2v) is 3.26. The zero-order valence-corrected chi connectivity index (χ0v) is 8.36. The van der Waals surface area contributed by atoms with Crippen LogP contribution in [0.5, 0.6) is 0 Å². The molecule has 4 heteroatoms. The van der Waals surface area contributed by atoms with Crippen molar-refractivity contribution in [3.63, 3.8) is 0 Å². The second-order valence-electron chi connectivity index (χ2n) is 2.87. The number of hydrogen-bond donors (Lipinski definition) is 0. The molecule has 3 nitrogen and oxygen atoms in total. The minimum Gasteiger partial charge on any atom is -0.253 e. The van der Waals surface area contributed by atoms with Crippen LogP contribution in [0.3, 0.4) is 0 Å². The van der Waals surface area contributed by atoms with E-state index in [4.69, 9.17) is 11.6 Å². The monoisotopic (exact) mass is 205 g/mol. The standard InChI is InChI=1S/C10H8ClN3/c1-7-6-9(11)14-10(13-7)8-4-2-3-5-12-8/h2-6H,1H3. The number of aryl methyl sites for hydroxylation is 1. The van der Waals surface area contributed by atoms with Crippen molar-refractivity contribution in [2.75, 3.05) is 0 Å². The quantitative estimate of drug-likeness (QED) is 0.672. The Kier molecular flexibility index (Phi) is 2.41. The van der Waals surface area contributed by atoms with Crippen molar-refractivity contribution in [2.45, 2.75) is 6.92 Å². The fraction of sp³-hybridized carbons (Fsp3) is 0.100.